The molecule has 0 fully saturated rings. The van der Waals surface area contributed by atoms with Crippen molar-refractivity contribution in [3.63, 3.8) is 0 Å². The van der Waals surface area contributed by atoms with E-state index in [4.69, 9.17) is 4.74 Å². The normalized spacial score (nSPS) is 13.4. The molecule has 5 nitrogen and oxygen atoms in total. The Morgan fingerprint density at radius 1 is 1.16 bits per heavy atom. The lowest BCUT2D eigenvalue weighted by Gasteiger charge is -2.37. The summed E-state index contributed by atoms with van der Waals surface area (Å²) in [7, 11) is -2.37. The second-order valence-electron chi connectivity index (χ2n) is 5.44. The highest BCUT2D eigenvalue weighted by Gasteiger charge is 2.39. The molecule has 19 heavy (non-hydrogen) atoms. The molecule has 0 radical (unpaired) electrons. The summed E-state index contributed by atoms with van der Waals surface area (Å²) in [6.07, 6.45) is 0. The maximum Gasteiger partial charge on any atom is 0.244 e. The Morgan fingerprint density at radius 2 is 1.68 bits per heavy atom. The van der Waals surface area contributed by atoms with E-state index in [1.807, 2.05) is 0 Å². The standard InChI is InChI=1S/C13H21NO4S/c1-12(2,13(3,4)15)14-19(16,17)11-9-7-6-8-10(11)18-5/h6-9,14-15H,1-5H3. The smallest absolute Gasteiger partial charge is 0.244 e. The minimum Gasteiger partial charge on any atom is -0.495 e. The topological polar surface area (TPSA) is 75.6 Å². The molecule has 1 rings (SSSR count). The van der Waals surface area contributed by atoms with Gasteiger partial charge in [0.15, 0.2) is 0 Å². The number of hydrogen-bond acceptors (Lipinski definition) is 4. The van der Waals surface area contributed by atoms with Gasteiger partial charge >= 0.3 is 0 Å². The minimum absolute atomic E-state index is 0.0508. The van der Waals surface area contributed by atoms with Crippen LogP contribution in [0.4, 0.5) is 0 Å². The van der Waals surface area contributed by atoms with Crippen LogP contribution in [-0.2, 0) is 10.0 Å². The van der Waals surface area contributed by atoms with Gasteiger partial charge in [0.05, 0.1) is 18.2 Å². The van der Waals surface area contributed by atoms with Gasteiger partial charge in [0.2, 0.25) is 10.0 Å². The van der Waals surface area contributed by atoms with Crippen LogP contribution in [0.15, 0.2) is 29.2 Å². The number of para-hydroxylation sites is 1. The first-order valence-electron chi connectivity index (χ1n) is 5.90. The average molecular weight is 287 g/mol. The second kappa shape index (κ2) is 5.11. The number of ether oxygens (including phenoxy) is 1. The third kappa shape index (κ3) is 3.46. The molecule has 0 amide bonds. The summed E-state index contributed by atoms with van der Waals surface area (Å²) in [5, 5.41) is 10.0. The number of rotatable bonds is 5. The molecule has 0 aliphatic rings. The molecule has 0 saturated heterocycles. The van der Waals surface area contributed by atoms with Gasteiger partial charge < -0.3 is 9.84 Å². The van der Waals surface area contributed by atoms with Gasteiger partial charge in [-0.1, -0.05) is 12.1 Å². The zero-order valence-corrected chi connectivity index (χ0v) is 12.7. The molecule has 1 aromatic rings. The van der Waals surface area contributed by atoms with Crippen LogP contribution in [0.1, 0.15) is 27.7 Å². The van der Waals surface area contributed by atoms with Crippen LogP contribution in [0.2, 0.25) is 0 Å². The van der Waals surface area contributed by atoms with Crippen molar-refractivity contribution in [2.24, 2.45) is 0 Å². The Bertz CT molecular complexity index is 544. The van der Waals surface area contributed by atoms with E-state index in [1.165, 1.54) is 13.2 Å². The predicted molar refractivity (Wildman–Crippen MR) is 73.7 cm³/mol. The SMILES string of the molecule is COc1ccccc1S(=O)(=O)NC(C)(C)C(C)(C)O. The molecule has 0 bridgehead atoms. The van der Waals surface area contributed by atoms with E-state index >= 15 is 0 Å². The van der Waals surface area contributed by atoms with Gasteiger partial charge in [0, 0.05) is 0 Å². The van der Waals surface area contributed by atoms with Crippen LogP contribution in [0.3, 0.4) is 0 Å². The van der Waals surface area contributed by atoms with Crippen molar-refractivity contribution in [3.05, 3.63) is 24.3 Å². The Balaban J connectivity index is 3.20. The van der Waals surface area contributed by atoms with E-state index in [2.05, 4.69) is 4.72 Å². The summed E-state index contributed by atoms with van der Waals surface area (Å²) in [5.41, 5.74) is -2.23. The first-order valence-corrected chi connectivity index (χ1v) is 7.39. The Morgan fingerprint density at radius 3 is 2.16 bits per heavy atom. The van der Waals surface area contributed by atoms with Gasteiger partial charge in [-0.05, 0) is 39.8 Å². The average Bonchev–Trinajstić information content (AvgIpc) is 2.26. The van der Waals surface area contributed by atoms with Crippen LogP contribution in [0.5, 0.6) is 5.75 Å². The largest absolute Gasteiger partial charge is 0.495 e. The van der Waals surface area contributed by atoms with Crippen LogP contribution < -0.4 is 9.46 Å². The van der Waals surface area contributed by atoms with E-state index in [0.29, 0.717) is 0 Å². The van der Waals surface area contributed by atoms with Gasteiger partial charge in [-0.2, -0.15) is 0 Å². The number of benzene rings is 1. The molecule has 0 saturated carbocycles. The fraction of sp³-hybridized carbons (Fsp3) is 0.538. The molecule has 1 aromatic carbocycles. The first-order chi connectivity index (χ1) is 8.51. The Labute approximate surface area is 114 Å². The number of sulfonamides is 1. The third-order valence-corrected chi connectivity index (χ3v) is 4.97. The zero-order valence-electron chi connectivity index (χ0n) is 11.9. The molecule has 0 aliphatic heterocycles. The van der Waals surface area contributed by atoms with Crippen LogP contribution in [0.25, 0.3) is 0 Å². The van der Waals surface area contributed by atoms with Crippen molar-refractivity contribution < 1.29 is 18.3 Å². The molecule has 6 heteroatoms. The number of methoxy groups -OCH3 is 1. The minimum atomic E-state index is -3.78. The Kier molecular flexibility index (Phi) is 4.29. The summed E-state index contributed by atoms with van der Waals surface area (Å²) >= 11 is 0. The van der Waals surface area contributed by atoms with E-state index in [1.54, 1.807) is 45.9 Å². The summed E-state index contributed by atoms with van der Waals surface area (Å²) in [4.78, 5) is 0.0508. The maximum absolute atomic E-state index is 12.4. The lowest BCUT2D eigenvalue weighted by molar-refractivity contribution is 0.00637. The zero-order chi connectivity index (χ0) is 14.9. The molecule has 0 atom stereocenters. The van der Waals surface area contributed by atoms with Gasteiger partial charge in [-0.15, -0.1) is 0 Å². The molecular weight excluding hydrogens is 266 g/mol. The third-order valence-electron chi connectivity index (χ3n) is 3.28. The fourth-order valence-corrected chi connectivity index (χ4v) is 3.06. The monoisotopic (exact) mass is 287 g/mol. The number of aliphatic hydroxyl groups is 1. The van der Waals surface area contributed by atoms with Crippen molar-refractivity contribution in [2.75, 3.05) is 7.11 Å². The van der Waals surface area contributed by atoms with Crippen molar-refractivity contribution in [2.45, 2.75) is 43.7 Å². The highest BCUT2D eigenvalue weighted by Crippen LogP contribution is 2.27. The van der Waals surface area contributed by atoms with E-state index < -0.39 is 21.2 Å². The molecule has 108 valence electrons. The fourth-order valence-electron chi connectivity index (χ4n) is 1.36. The van der Waals surface area contributed by atoms with E-state index in [-0.39, 0.29) is 10.6 Å². The highest BCUT2D eigenvalue weighted by molar-refractivity contribution is 7.89. The summed E-state index contributed by atoms with van der Waals surface area (Å²) in [5.74, 6) is 0.265. The quantitative estimate of drug-likeness (QED) is 0.861. The van der Waals surface area contributed by atoms with Crippen molar-refractivity contribution in [1.82, 2.24) is 4.72 Å². The van der Waals surface area contributed by atoms with Gasteiger partial charge in [-0.25, -0.2) is 13.1 Å². The highest BCUT2D eigenvalue weighted by atomic mass is 32.2. The maximum atomic E-state index is 12.4. The lowest BCUT2D eigenvalue weighted by Crippen LogP contribution is -2.57. The number of hydrogen-bond donors (Lipinski definition) is 2. The second-order valence-corrected chi connectivity index (χ2v) is 7.09. The molecule has 0 heterocycles. The van der Waals surface area contributed by atoms with Crippen molar-refractivity contribution >= 4 is 10.0 Å². The van der Waals surface area contributed by atoms with Gasteiger partial charge in [0.1, 0.15) is 10.6 Å². The number of nitrogens with one attached hydrogen (secondary N) is 1. The molecule has 0 unspecified atom stereocenters. The van der Waals surface area contributed by atoms with Crippen molar-refractivity contribution in [1.29, 1.82) is 0 Å². The van der Waals surface area contributed by atoms with Crippen molar-refractivity contribution in [3.8, 4) is 5.75 Å². The Hall–Kier alpha value is -1.11. The van der Waals surface area contributed by atoms with E-state index in [9.17, 15) is 13.5 Å². The summed E-state index contributed by atoms with van der Waals surface area (Å²) < 4.78 is 32.3. The van der Waals surface area contributed by atoms with Gasteiger partial charge in [0.25, 0.3) is 0 Å². The molecule has 0 aliphatic carbocycles. The lowest BCUT2D eigenvalue weighted by atomic mass is 9.87. The predicted octanol–water partition coefficient (Wildman–Crippen LogP) is 1.52. The summed E-state index contributed by atoms with van der Waals surface area (Å²) in [6.45, 7) is 6.36. The van der Waals surface area contributed by atoms with Crippen LogP contribution in [0, 0.1) is 0 Å². The van der Waals surface area contributed by atoms with E-state index in [0.717, 1.165) is 0 Å². The van der Waals surface area contributed by atoms with Crippen LogP contribution in [-0.4, -0.2) is 31.8 Å². The summed E-state index contributed by atoms with van der Waals surface area (Å²) in [6, 6.07) is 6.35. The molecule has 0 aromatic heterocycles. The molecule has 0 spiro atoms. The first kappa shape index (κ1) is 15.9. The molecule has 2 N–H and O–H groups in total. The van der Waals surface area contributed by atoms with Gasteiger partial charge in [-0.3, -0.25) is 0 Å². The van der Waals surface area contributed by atoms with Crippen LogP contribution >= 0.6 is 0 Å². The molecular formula is C13H21NO4S.